The van der Waals surface area contributed by atoms with Crippen LogP contribution in [0.3, 0.4) is 0 Å². The maximum atomic E-state index is 12.0. The minimum Gasteiger partial charge on any atom is -0.480 e. The van der Waals surface area contributed by atoms with E-state index in [9.17, 15) is 9.59 Å². The van der Waals surface area contributed by atoms with Crippen molar-refractivity contribution in [3.63, 3.8) is 0 Å². The van der Waals surface area contributed by atoms with Crippen LogP contribution in [0.1, 0.15) is 36.5 Å². The van der Waals surface area contributed by atoms with Crippen molar-refractivity contribution >= 4 is 23.5 Å². The molecule has 1 aromatic rings. The Hall–Kier alpha value is -1.56. The van der Waals surface area contributed by atoms with Crippen LogP contribution < -0.4 is 5.32 Å². The summed E-state index contributed by atoms with van der Waals surface area (Å²) in [7, 11) is 1.67. The summed E-state index contributed by atoms with van der Waals surface area (Å²) in [5, 5.41) is 15.8. The molecule has 1 heterocycles. The van der Waals surface area contributed by atoms with Gasteiger partial charge in [-0.1, -0.05) is 31.9 Å². The van der Waals surface area contributed by atoms with Gasteiger partial charge in [-0.05, 0) is 12.8 Å². The zero-order chi connectivity index (χ0) is 14.7. The standard InChI is InChI=1S/C12H18ClN3O3/c1-5-6(2)9(12(18)19)14-11(17)10-8(13)7(3)16(4)15-10/h6,9H,5H2,1-4H3,(H,14,17)(H,18,19)/t6-,9-/m0/s1. The van der Waals surface area contributed by atoms with Crippen LogP contribution in [0.2, 0.25) is 5.02 Å². The molecule has 0 fully saturated rings. The van der Waals surface area contributed by atoms with Crippen LogP contribution in [0.15, 0.2) is 0 Å². The molecule has 0 unspecified atom stereocenters. The molecule has 0 aliphatic carbocycles. The van der Waals surface area contributed by atoms with E-state index in [2.05, 4.69) is 10.4 Å². The van der Waals surface area contributed by atoms with Gasteiger partial charge in [0.15, 0.2) is 5.69 Å². The van der Waals surface area contributed by atoms with Crippen molar-refractivity contribution in [2.24, 2.45) is 13.0 Å². The summed E-state index contributed by atoms with van der Waals surface area (Å²) in [4.78, 5) is 23.2. The number of aliphatic carboxylic acids is 1. The van der Waals surface area contributed by atoms with Crippen molar-refractivity contribution < 1.29 is 14.7 Å². The molecule has 2 N–H and O–H groups in total. The molecule has 19 heavy (non-hydrogen) atoms. The second-order valence-corrected chi connectivity index (χ2v) is 4.92. The Balaban J connectivity index is 2.94. The summed E-state index contributed by atoms with van der Waals surface area (Å²) in [5.41, 5.74) is 0.707. The molecule has 106 valence electrons. The lowest BCUT2D eigenvalue weighted by atomic mass is 9.99. The summed E-state index contributed by atoms with van der Waals surface area (Å²) >= 11 is 5.99. The minimum atomic E-state index is -1.06. The highest BCUT2D eigenvalue weighted by molar-refractivity contribution is 6.34. The number of rotatable bonds is 5. The molecule has 1 amide bonds. The summed E-state index contributed by atoms with van der Waals surface area (Å²) in [5.74, 6) is -1.81. The lowest BCUT2D eigenvalue weighted by Gasteiger charge is -2.19. The molecule has 0 spiro atoms. The molecule has 0 bridgehead atoms. The van der Waals surface area contributed by atoms with Crippen LogP contribution in [-0.2, 0) is 11.8 Å². The molecule has 7 heteroatoms. The highest BCUT2D eigenvalue weighted by atomic mass is 35.5. The van der Waals surface area contributed by atoms with E-state index in [4.69, 9.17) is 16.7 Å². The van der Waals surface area contributed by atoms with Crippen LogP contribution in [0.25, 0.3) is 0 Å². The Bertz CT molecular complexity index is 499. The lowest BCUT2D eigenvalue weighted by Crippen LogP contribution is -2.45. The second-order valence-electron chi connectivity index (χ2n) is 4.55. The Morgan fingerprint density at radius 1 is 1.53 bits per heavy atom. The predicted molar refractivity (Wildman–Crippen MR) is 71.3 cm³/mol. The van der Waals surface area contributed by atoms with Crippen LogP contribution in [0.4, 0.5) is 0 Å². The molecule has 2 atom stereocenters. The van der Waals surface area contributed by atoms with Crippen LogP contribution in [0, 0.1) is 12.8 Å². The van der Waals surface area contributed by atoms with Crippen molar-refractivity contribution in [3.8, 4) is 0 Å². The first-order valence-electron chi connectivity index (χ1n) is 6.02. The average Bonchev–Trinajstić information content (AvgIpc) is 2.62. The third-order valence-electron chi connectivity index (χ3n) is 3.24. The van der Waals surface area contributed by atoms with Crippen molar-refractivity contribution in [1.82, 2.24) is 15.1 Å². The third-order valence-corrected chi connectivity index (χ3v) is 3.69. The zero-order valence-electron chi connectivity index (χ0n) is 11.4. The molecule has 0 aromatic carbocycles. The number of carboxylic acids is 1. The SMILES string of the molecule is CC[C@H](C)[C@H](NC(=O)c1nn(C)c(C)c1Cl)C(=O)O. The number of carboxylic acid groups (broad SMARTS) is 1. The van der Waals surface area contributed by atoms with Crippen LogP contribution in [-0.4, -0.2) is 32.8 Å². The maximum Gasteiger partial charge on any atom is 0.326 e. The lowest BCUT2D eigenvalue weighted by molar-refractivity contribution is -0.140. The highest BCUT2D eigenvalue weighted by Gasteiger charge is 2.28. The number of nitrogens with one attached hydrogen (secondary N) is 1. The molecular weight excluding hydrogens is 270 g/mol. The largest absolute Gasteiger partial charge is 0.480 e. The monoisotopic (exact) mass is 287 g/mol. The molecular formula is C12H18ClN3O3. The van der Waals surface area contributed by atoms with Gasteiger partial charge in [-0.2, -0.15) is 5.10 Å². The number of aryl methyl sites for hydroxylation is 1. The number of aromatic nitrogens is 2. The van der Waals surface area contributed by atoms with Gasteiger partial charge in [0.1, 0.15) is 6.04 Å². The summed E-state index contributed by atoms with van der Waals surface area (Å²) in [6, 6.07) is -0.948. The van der Waals surface area contributed by atoms with E-state index in [1.165, 1.54) is 4.68 Å². The van der Waals surface area contributed by atoms with E-state index in [0.717, 1.165) is 0 Å². The summed E-state index contributed by atoms with van der Waals surface area (Å²) < 4.78 is 1.48. The fourth-order valence-corrected chi connectivity index (χ4v) is 1.87. The number of amides is 1. The topological polar surface area (TPSA) is 84.2 Å². The third kappa shape index (κ3) is 3.26. The van der Waals surface area contributed by atoms with Crippen LogP contribution in [0.5, 0.6) is 0 Å². The van der Waals surface area contributed by atoms with Crippen LogP contribution >= 0.6 is 11.6 Å². The number of halogens is 1. The first-order chi connectivity index (χ1) is 8.79. The number of hydrogen-bond donors (Lipinski definition) is 2. The highest BCUT2D eigenvalue weighted by Crippen LogP contribution is 2.19. The Morgan fingerprint density at radius 3 is 2.47 bits per heavy atom. The first kappa shape index (κ1) is 15.5. The molecule has 0 aliphatic heterocycles. The van der Waals surface area contributed by atoms with Gasteiger partial charge in [-0.3, -0.25) is 9.48 Å². The quantitative estimate of drug-likeness (QED) is 0.862. The van der Waals surface area contributed by atoms with E-state index in [0.29, 0.717) is 12.1 Å². The van der Waals surface area contributed by atoms with Gasteiger partial charge in [0.2, 0.25) is 0 Å². The van der Waals surface area contributed by atoms with Crippen molar-refractivity contribution in [2.45, 2.75) is 33.2 Å². The van der Waals surface area contributed by atoms with Gasteiger partial charge in [0.25, 0.3) is 5.91 Å². The van der Waals surface area contributed by atoms with Crippen molar-refractivity contribution in [3.05, 3.63) is 16.4 Å². The van der Waals surface area contributed by atoms with E-state index < -0.39 is 17.9 Å². The molecule has 0 radical (unpaired) electrons. The van der Waals surface area contributed by atoms with E-state index in [-0.39, 0.29) is 16.6 Å². The Morgan fingerprint density at radius 2 is 2.11 bits per heavy atom. The van der Waals surface area contributed by atoms with Gasteiger partial charge in [0, 0.05) is 7.05 Å². The normalized spacial score (nSPS) is 13.9. The number of carbonyl (C=O) groups excluding carboxylic acids is 1. The summed E-state index contributed by atoms with van der Waals surface area (Å²) in [6.07, 6.45) is 0.645. The van der Waals surface area contributed by atoms with Gasteiger partial charge in [-0.25, -0.2) is 4.79 Å². The molecule has 0 aliphatic rings. The van der Waals surface area contributed by atoms with Crippen molar-refractivity contribution in [2.75, 3.05) is 0 Å². The molecule has 0 saturated carbocycles. The predicted octanol–water partition coefficient (Wildman–Crippen LogP) is 1.61. The average molecular weight is 288 g/mol. The molecule has 0 saturated heterocycles. The first-order valence-corrected chi connectivity index (χ1v) is 6.40. The smallest absolute Gasteiger partial charge is 0.326 e. The fraction of sp³-hybridized carbons (Fsp3) is 0.583. The van der Waals surface area contributed by atoms with Gasteiger partial charge >= 0.3 is 5.97 Å². The zero-order valence-corrected chi connectivity index (χ0v) is 12.2. The fourth-order valence-electron chi connectivity index (χ4n) is 1.62. The van der Waals surface area contributed by atoms with Crippen molar-refractivity contribution in [1.29, 1.82) is 0 Å². The number of hydrogen-bond acceptors (Lipinski definition) is 3. The summed E-state index contributed by atoms with van der Waals surface area (Å²) in [6.45, 7) is 5.37. The van der Waals surface area contributed by atoms with Gasteiger partial charge in [-0.15, -0.1) is 0 Å². The van der Waals surface area contributed by atoms with Gasteiger partial charge < -0.3 is 10.4 Å². The van der Waals surface area contributed by atoms with E-state index >= 15 is 0 Å². The van der Waals surface area contributed by atoms with E-state index in [1.54, 1.807) is 20.9 Å². The molecule has 1 aromatic heterocycles. The van der Waals surface area contributed by atoms with Gasteiger partial charge in [0.05, 0.1) is 10.7 Å². The maximum absolute atomic E-state index is 12.0. The molecule has 6 nitrogen and oxygen atoms in total. The van der Waals surface area contributed by atoms with E-state index in [1.807, 2.05) is 6.92 Å². The number of carbonyl (C=O) groups is 2. The Labute approximate surface area is 116 Å². The number of nitrogens with zero attached hydrogens (tertiary/aromatic N) is 2. The Kier molecular flexibility index (Phi) is 4.94. The second kappa shape index (κ2) is 6.06. The molecule has 1 rings (SSSR count). The minimum absolute atomic E-state index is 0.0521.